The molecule has 0 fully saturated rings. The van der Waals surface area contributed by atoms with Crippen LogP contribution < -0.4 is 10.1 Å². The summed E-state index contributed by atoms with van der Waals surface area (Å²) in [4.78, 5) is 0. The monoisotopic (exact) mass is 303 g/mol. The molecular weight excluding hydrogens is 285 g/mol. The summed E-state index contributed by atoms with van der Waals surface area (Å²) >= 11 is 3.36. The number of hydrogen-bond donors (Lipinski definition) is 1. The lowest BCUT2D eigenvalue weighted by Crippen LogP contribution is -2.35. The van der Waals surface area contributed by atoms with Crippen LogP contribution in [0.1, 0.15) is 20.8 Å². The van der Waals surface area contributed by atoms with E-state index in [2.05, 4.69) is 42.0 Å². The van der Waals surface area contributed by atoms with Gasteiger partial charge >= 0.3 is 0 Å². The van der Waals surface area contributed by atoms with Gasteiger partial charge in [0.25, 0.3) is 0 Å². The predicted octanol–water partition coefficient (Wildman–Crippen LogP) is 3.60. The van der Waals surface area contributed by atoms with Gasteiger partial charge in [-0.15, -0.1) is 0 Å². The standard InChI is InChI=1S/C13H19BrFNO/c1-4-16-8-13(9(2)3)17-12-7-10(15)5-6-11(12)14/h5-7,9,13,16H,4,8H2,1-3H3. The first-order chi connectivity index (χ1) is 8.04. The number of halogens is 2. The molecular formula is C13H19BrFNO. The van der Waals surface area contributed by atoms with E-state index >= 15 is 0 Å². The van der Waals surface area contributed by atoms with Crippen LogP contribution in [-0.4, -0.2) is 19.2 Å². The topological polar surface area (TPSA) is 21.3 Å². The largest absolute Gasteiger partial charge is 0.488 e. The van der Waals surface area contributed by atoms with Crippen LogP contribution in [0.5, 0.6) is 5.75 Å². The molecule has 0 spiro atoms. The Morgan fingerprint density at radius 3 is 2.71 bits per heavy atom. The molecule has 1 atom stereocenters. The minimum atomic E-state index is -0.283. The molecule has 0 aliphatic rings. The fourth-order valence-corrected chi connectivity index (χ4v) is 1.77. The number of hydrogen-bond acceptors (Lipinski definition) is 2. The number of benzene rings is 1. The third kappa shape index (κ3) is 4.64. The minimum Gasteiger partial charge on any atom is -0.488 e. The molecule has 1 aromatic rings. The van der Waals surface area contributed by atoms with E-state index in [-0.39, 0.29) is 11.9 Å². The molecule has 1 aromatic carbocycles. The highest BCUT2D eigenvalue weighted by molar-refractivity contribution is 9.10. The van der Waals surface area contributed by atoms with Gasteiger partial charge in [-0.1, -0.05) is 20.8 Å². The van der Waals surface area contributed by atoms with Gasteiger partial charge in [0.05, 0.1) is 4.47 Å². The fourth-order valence-electron chi connectivity index (χ4n) is 1.43. The maximum Gasteiger partial charge on any atom is 0.136 e. The summed E-state index contributed by atoms with van der Waals surface area (Å²) in [6.45, 7) is 7.90. The summed E-state index contributed by atoms with van der Waals surface area (Å²) in [5.74, 6) is 0.639. The van der Waals surface area contributed by atoms with Crippen molar-refractivity contribution < 1.29 is 9.13 Å². The number of rotatable bonds is 6. The number of ether oxygens (including phenoxy) is 1. The second-order valence-corrected chi connectivity index (χ2v) is 5.14. The van der Waals surface area contributed by atoms with Crippen molar-refractivity contribution >= 4 is 15.9 Å². The second-order valence-electron chi connectivity index (χ2n) is 4.28. The second kappa shape index (κ2) is 6.97. The summed E-state index contributed by atoms with van der Waals surface area (Å²) < 4.78 is 19.8. The van der Waals surface area contributed by atoms with E-state index in [4.69, 9.17) is 4.74 Å². The Morgan fingerprint density at radius 2 is 2.12 bits per heavy atom. The molecule has 0 aliphatic carbocycles. The first kappa shape index (κ1) is 14.5. The molecule has 0 heterocycles. The average molecular weight is 304 g/mol. The molecule has 0 aromatic heterocycles. The van der Waals surface area contributed by atoms with Crippen LogP contribution in [0, 0.1) is 11.7 Å². The third-order valence-electron chi connectivity index (χ3n) is 2.51. The molecule has 4 heteroatoms. The van der Waals surface area contributed by atoms with Crippen LogP contribution in [0.3, 0.4) is 0 Å². The Hall–Kier alpha value is -0.610. The van der Waals surface area contributed by atoms with Crippen molar-refractivity contribution in [2.24, 2.45) is 5.92 Å². The molecule has 1 rings (SSSR count). The molecule has 0 bridgehead atoms. The molecule has 17 heavy (non-hydrogen) atoms. The van der Waals surface area contributed by atoms with Crippen molar-refractivity contribution in [2.45, 2.75) is 26.9 Å². The summed E-state index contributed by atoms with van der Waals surface area (Å²) in [5, 5.41) is 3.25. The zero-order valence-corrected chi connectivity index (χ0v) is 12.1. The molecule has 0 amide bonds. The van der Waals surface area contributed by atoms with Gasteiger partial charge in [0.2, 0.25) is 0 Å². The van der Waals surface area contributed by atoms with Crippen molar-refractivity contribution in [1.29, 1.82) is 0 Å². The summed E-state index contributed by atoms with van der Waals surface area (Å²) in [7, 11) is 0. The van der Waals surface area contributed by atoms with Gasteiger partial charge in [-0.3, -0.25) is 0 Å². The van der Waals surface area contributed by atoms with Gasteiger partial charge in [-0.05, 0) is 40.5 Å². The van der Waals surface area contributed by atoms with Crippen molar-refractivity contribution in [3.05, 3.63) is 28.5 Å². The smallest absolute Gasteiger partial charge is 0.136 e. The van der Waals surface area contributed by atoms with E-state index in [0.717, 1.165) is 17.6 Å². The minimum absolute atomic E-state index is 0.0352. The summed E-state index contributed by atoms with van der Waals surface area (Å²) in [6, 6.07) is 4.48. The van der Waals surface area contributed by atoms with Crippen LogP contribution in [0.4, 0.5) is 4.39 Å². The first-order valence-electron chi connectivity index (χ1n) is 5.87. The van der Waals surface area contributed by atoms with E-state index in [1.54, 1.807) is 6.07 Å². The van der Waals surface area contributed by atoms with Crippen molar-refractivity contribution in [1.82, 2.24) is 5.32 Å². The van der Waals surface area contributed by atoms with Crippen LogP contribution in [-0.2, 0) is 0 Å². The van der Waals surface area contributed by atoms with Crippen LogP contribution in [0.15, 0.2) is 22.7 Å². The number of likely N-dealkylation sites (N-methyl/N-ethyl adjacent to an activating group) is 1. The van der Waals surface area contributed by atoms with E-state index in [1.807, 2.05) is 0 Å². The van der Waals surface area contributed by atoms with E-state index in [9.17, 15) is 4.39 Å². The van der Waals surface area contributed by atoms with Crippen LogP contribution >= 0.6 is 15.9 Å². The molecule has 1 N–H and O–H groups in total. The van der Waals surface area contributed by atoms with Gasteiger partial charge in [0.1, 0.15) is 17.7 Å². The highest BCUT2D eigenvalue weighted by Gasteiger charge is 2.16. The number of nitrogens with one attached hydrogen (secondary N) is 1. The Morgan fingerprint density at radius 1 is 1.41 bits per heavy atom. The molecule has 0 saturated heterocycles. The van der Waals surface area contributed by atoms with Crippen LogP contribution in [0.2, 0.25) is 0 Å². The normalized spacial score (nSPS) is 12.8. The van der Waals surface area contributed by atoms with E-state index in [0.29, 0.717) is 11.7 Å². The SMILES string of the molecule is CCNCC(Oc1cc(F)ccc1Br)C(C)C. The van der Waals surface area contributed by atoms with Crippen molar-refractivity contribution in [2.75, 3.05) is 13.1 Å². The van der Waals surface area contributed by atoms with Gasteiger partial charge in [-0.2, -0.15) is 0 Å². The van der Waals surface area contributed by atoms with Crippen LogP contribution in [0.25, 0.3) is 0 Å². The maximum atomic E-state index is 13.1. The van der Waals surface area contributed by atoms with Crippen molar-refractivity contribution in [3.63, 3.8) is 0 Å². The Balaban J connectivity index is 2.74. The lowest BCUT2D eigenvalue weighted by Gasteiger charge is -2.23. The van der Waals surface area contributed by atoms with Gasteiger partial charge in [0, 0.05) is 12.6 Å². The lowest BCUT2D eigenvalue weighted by atomic mass is 10.1. The molecule has 96 valence electrons. The van der Waals surface area contributed by atoms with Gasteiger partial charge in [-0.25, -0.2) is 4.39 Å². The quantitative estimate of drug-likeness (QED) is 0.867. The fraction of sp³-hybridized carbons (Fsp3) is 0.538. The van der Waals surface area contributed by atoms with Gasteiger partial charge in [0.15, 0.2) is 0 Å². The third-order valence-corrected chi connectivity index (χ3v) is 3.17. The highest BCUT2D eigenvalue weighted by Crippen LogP contribution is 2.27. The van der Waals surface area contributed by atoms with Gasteiger partial charge < -0.3 is 10.1 Å². The summed E-state index contributed by atoms with van der Waals surface area (Å²) in [6.07, 6.45) is 0.0352. The zero-order valence-electron chi connectivity index (χ0n) is 10.5. The maximum absolute atomic E-state index is 13.1. The molecule has 0 saturated carbocycles. The average Bonchev–Trinajstić information content (AvgIpc) is 2.28. The highest BCUT2D eigenvalue weighted by atomic mass is 79.9. The lowest BCUT2D eigenvalue weighted by molar-refractivity contribution is 0.148. The predicted molar refractivity (Wildman–Crippen MR) is 71.9 cm³/mol. The Kier molecular flexibility index (Phi) is 5.92. The summed E-state index contributed by atoms with van der Waals surface area (Å²) in [5.41, 5.74) is 0. The molecule has 1 unspecified atom stereocenters. The first-order valence-corrected chi connectivity index (χ1v) is 6.66. The molecule has 0 aliphatic heterocycles. The van der Waals surface area contributed by atoms with Crippen molar-refractivity contribution in [3.8, 4) is 5.75 Å². The van der Waals surface area contributed by atoms with E-state index < -0.39 is 0 Å². The Labute approximate surface area is 111 Å². The molecule has 0 radical (unpaired) electrons. The zero-order chi connectivity index (χ0) is 12.8. The van der Waals surface area contributed by atoms with E-state index in [1.165, 1.54) is 12.1 Å². The Bertz CT molecular complexity index is 357. The molecule has 2 nitrogen and oxygen atoms in total.